The maximum Gasteiger partial charge on any atom is 0.407 e. The average molecular weight is 296 g/mol. The molecular formula is C15H24N2O4. The molecule has 0 aromatic heterocycles. The zero-order valence-electron chi connectivity index (χ0n) is 12.9. The van der Waals surface area contributed by atoms with Crippen molar-refractivity contribution in [3.8, 4) is 0 Å². The molecule has 1 rings (SSSR count). The summed E-state index contributed by atoms with van der Waals surface area (Å²) >= 11 is 0. The van der Waals surface area contributed by atoms with E-state index < -0.39 is 23.9 Å². The third kappa shape index (κ3) is 5.61. The summed E-state index contributed by atoms with van der Waals surface area (Å²) in [4.78, 5) is 11.5. The van der Waals surface area contributed by atoms with Crippen molar-refractivity contribution in [2.24, 2.45) is 0 Å². The summed E-state index contributed by atoms with van der Waals surface area (Å²) in [6.07, 6.45) is -2.93. The average Bonchev–Trinajstić information content (AvgIpc) is 2.36. The number of carbonyl (C=O) groups excluding carboxylic acids is 1. The van der Waals surface area contributed by atoms with Gasteiger partial charge in [-0.05, 0) is 51.0 Å². The highest BCUT2D eigenvalue weighted by atomic mass is 16.6. The molecule has 0 spiro atoms. The van der Waals surface area contributed by atoms with E-state index in [4.69, 9.17) is 10.5 Å². The predicted octanol–water partition coefficient (Wildman–Crippen LogP) is 1.50. The van der Waals surface area contributed by atoms with Gasteiger partial charge in [-0.2, -0.15) is 0 Å². The van der Waals surface area contributed by atoms with E-state index >= 15 is 0 Å². The number of nitrogens with one attached hydrogen (secondary N) is 1. The number of ether oxygens (including phenoxy) is 1. The monoisotopic (exact) mass is 296 g/mol. The van der Waals surface area contributed by atoms with E-state index in [0.717, 1.165) is 5.56 Å². The van der Waals surface area contributed by atoms with Gasteiger partial charge in [-0.25, -0.2) is 4.79 Å². The third-order valence-corrected chi connectivity index (χ3v) is 2.84. The Hall–Kier alpha value is -1.79. The maximum absolute atomic E-state index is 11.5. The largest absolute Gasteiger partial charge is 0.444 e. The molecule has 0 radical (unpaired) electrons. The summed E-state index contributed by atoms with van der Waals surface area (Å²) in [5.41, 5.74) is 6.91. The summed E-state index contributed by atoms with van der Waals surface area (Å²) in [5, 5.41) is 22.5. The molecule has 0 aliphatic rings. The molecule has 0 aliphatic heterocycles. The van der Waals surface area contributed by atoms with E-state index in [-0.39, 0.29) is 6.54 Å². The molecule has 0 bridgehead atoms. The van der Waals surface area contributed by atoms with Gasteiger partial charge in [-0.3, -0.25) is 0 Å². The first kappa shape index (κ1) is 17.3. The van der Waals surface area contributed by atoms with Crippen LogP contribution in [0, 0.1) is 6.92 Å². The first-order valence-corrected chi connectivity index (χ1v) is 6.79. The van der Waals surface area contributed by atoms with Crippen molar-refractivity contribution in [2.45, 2.75) is 45.5 Å². The normalized spacial score (nSPS) is 14.4. The summed E-state index contributed by atoms with van der Waals surface area (Å²) in [5.74, 6) is 0. The van der Waals surface area contributed by atoms with Crippen molar-refractivity contribution in [1.82, 2.24) is 5.32 Å². The molecule has 1 aromatic rings. The lowest BCUT2D eigenvalue weighted by molar-refractivity contribution is 0.0127. The second-order valence-corrected chi connectivity index (χ2v) is 6.01. The smallest absolute Gasteiger partial charge is 0.407 e. The molecule has 0 aliphatic carbocycles. The Morgan fingerprint density at radius 1 is 1.38 bits per heavy atom. The van der Waals surface area contributed by atoms with E-state index in [0.29, 0.717) is 11.3 Å². The number of aryl methyl sites for hydroxylation is 1. The third-order valence-electron chi connectivity index (χ3n) is 2.84. The minimum atomic E-state index is -1.15. The number of aliphatic hydroxyl groups is 2. The summed E-state index contributed by atoms with van der Waals surface area (Å²) in [7, 11) is 0. The predicted molar refractivity (Wildman–Crippen MR) is 80.8 cm³/mol. The van der Waals surface area contributed by atoms with E-state index in [1.54, 1.807) is 39.0 Å². The molecule has 5 N–H and O–H groups in total. The quantitative estimate of drug-likeness (QED) is 0.630. The van der Waals surface area contributed by atoms with Crippen LogP contribution in [0.1, 0.15) is 38.0 Å². The summed E-state index contributed by atoms with van der Waals surface area (Å²) in [6.45, 7) is 6.92. The number of nitrogen functional groups attached to an aromatic ring is 1. The number of amides is 1. The molecule has 6 nitrogen and oxygen atoms in total. The van der Waals surface area contributed by atoms with Crippen LogP contribution in [0.4, 0.5) is 10.5 Å². The van der Waals surface area contributed by atoms with Crippen LogP contribution >= 0.6 is 0 Å². The zero-order valence-corrected chi connectivity index (χ0v) is 12.9. The lowest BCUT2D eigenvalue weighted by Gasteiger charge is -2.23. The highest BCUT2D eigenvalue weighted by molar-refractivity contribution is 5.67. The standard InChI is InChI=1S/C15H24N2O4/c1-9-5-6-10(16)7-11(9)13(19)12(18)8-17-14(20)21-15(2,3)4/h5-7,12-13,18-19H,8,16H2,1-4H3,(H,17,20). The van der Waals surface area contributed by atoms with Crippen LogP contribution in [-0.4, -0.2) is 34.6 Å². The van der Waals surface area contributed by atoms with Crippen LogP contribution in [0.25, 0.3) is 0 Å². The second-order valence-electron chi connectivity index (χ2n) is 6.01. The van der Waals surface area contributed by atoms with Crippen molar-refractivity contribution < 1.29 is 19.7 Å². The molecule has 0 saturated carbocycles. The number of rotatable bonds is 4. The Labute approximate surface area is 124 Å². The van der Waals surface area contributed by atoms with Crippen LogP contribution in [0.2, 0.25) is 0 Å². The summed E-state index contributed by atoms with van der Waals surface area (Å²) < 4.78 is 5.05. The van der Waals surface area contributed by atoms with E-state index in [9.17, 15) is 15.0 Å². The molecule has 0 saturated heterocycles. The Bertz CT molecular complexity index is 497. The molecule has 118 valence electrons. The molecular weight excluding hydrogens is 272 g/mol. The number of benzene rings is 1. The second kappa shape index (κ2) is 6.78. The lowest BCUT2D eigenvalue weighted by Crippen LogP contribution is -2.39. The molecule has 21 heavy (non-hydrogen) atoms. The highest BCUT2D eigenvalue weighted by Gasteiger charge is 2.22. The number of alkyl carbamates (subject to hydrolysis) is 1. The Balaban J connectivity index is 2.61. The molecule has 1 amide bonds. The number of nitrogens with two attached hydrogens (primary N) is 1. The molecule has 2 unspecified atom stereocenters. The Kier molecular flexibility index (Phi) is 5.57. The van der Waals surface area contributed by atoms with Crippen LogP contribution in [0.5, 0.6) is 0 Å². The number of hydrogen-bond acceptors (Lipinski definition) is 5. The van der Waals surface area contributed by atoms with Gasteiger partial charge in [-0.15, -0.1) is 0 Å². The summed E-state index contributed by atoms with van der Waals surface area (Å²) in [6, 6.07) is 5.09. The molecule has 1 aromatic carbocycles. The van der Waals surface area contributed by atoms with Crippen LogP contribution in [0.3, 0.4) is 0 Å². The first-order chi connectivity index (χ1) is 9.60. The van der Waals surface area contributed by atoms with Gasteiger partial charge in [0.05, 0.1) is 0 Å². The van der Waals surface area contributed by atoms with Gasteiger partial charge in [0.15, 0.2) is 0 Å². The van der Waals surface area contributed by atoms with Gasteiger partial charge >= 0.3 is 6.09 Å². The fraction of sp³-hybridized carbons (Fsp3) is 0.533. The van der Waals surface area contributed by atoms with E-state index in [1.807, 2.05) is 6.92 Å². The van der Waals surface area contributed by atoms with Crippen molar-refractivity contribution in [1.29, 1.82) is 0 Å². The van der Waals surface area contributed by atoms with Crippen molar-refractivity contribution in [3.05, 3.63) is 29.3 Å². The minimum absolute atomic E-state index is 0.121. The van der Waals surface area contributed by atoms with Crippen LogP contribution in [0.15, 0.2) is 18.2 Å². The van der Waals surface area contributed by atoms with E-state index in [2.05, 4.69) is 5.32 Å². The fourth-order valence-corrected chi connectivity index (χ4v) is 1.80. The topological polar surface area (TPSA) is 105 Å². The number of anilines is 1. The van der Waals surface area contributed by atoms with Gasteiger partial charge in [0, 0.05) is 12.2 Å². The Morgan fingerprint density at radius 3 is 2.57 bits per heavy atom. The number of hydrogen-bond donors (Lipinski definition) is 4. The van der Waals surface area contributed by atoms with Crippen molar-refractivity contribution in [3.63, 3.8) is 0 Å². The van der Waals surface area contributed by atoms with Gasteiger partial charge in [-0.1, -0.05) is 6.07 Å². The molecule has 2 atom stereocenters. The first-order valence-electron chi connectivity index (χ1n) is 6.79. The van der Waals surface area contributed by atoms with Crippen molar-refractivity contribution >= 4 is 11.8 Å². The Morgan fingerprint density at radius 2 is 2.00 bits per heavy atom. The molecule has 0 fully saturated rings. The highest BCUT2D eigenvalue weighted by Crippen LogP contribution is 2.23. The zero-order chi connectivity index (χ0) is 16.2. The van der Waals surface area contributed by atoms with Crippen LogP contribution in [-0.2, 0) is 4.74 Å². The SMILES string of the molecule is Cc1ccc(N)cc1C(O)C(O)CNC(=O)OC(C)(C)C. The maximum atomic E-state index is 11.5. The lowest BCUT2D eigenvalue weighted by atomic mass is 9.99. The van der Waals surface area contributed by atoms with Gasteiger partial charge in [0.2, 0.25) is 0 Å². The fourth-order valence-electron chi connectivity index (χ4n) is 1.80. The van der Waals surface area contributed by atoms with Gasteiger partial charge in [0.1, 0.15) is 17.8 Å². The molecule has 0 heterocycles. The van der Waals surface area contributed by atoms with Crippen molar-refractivity contribution in [2.75, 3.05) is 12.3 Å². The number of aliphatic hydroxyl groups excluding tert-OH is 2. The minimum Gasteiger partial charge on any atom is -0.444 e. The van der Waals surface area contributed by atoms with Gasteiger partial charge in [0.25, 0.3) is 0 Å². The van der Waals surface area contributed by atoms with Crippen LogP contribution < -0.4 is 11.1 Å². The van der Waals surface area contributed by atoms with E-state index in [1.165, 1.54) is 0 Å². The van der Waals surface area contributed by atoms with Gasteiger partial charge < -0.3 is 26.0 Å². The molecule has 6 heteroatoms. The number of carbonyl (C=O) groups is 1.